The monoisotopic (exact) mass is 448 g/mol. The molecule has 0 spiro atoms. The zero-order valence-corrected chi connectivity index (χ0v) is 17.7. The Balaban J connectivity index is 1.82. The highest BCUT2D eigenvalue weighted by Gasteiger charge is 2.16. The van der Waals surface area contributed by atoms with Gasteiger partial charge in [-0.1, -0.05) is 41.9 Å². The van der Waals surface area contributed by atoms with E-state index in [2.05, 4.69) is 0 Å². The first-order valence-electron chi connectivity index (χ1n) is 9.37. The Morgan fingerprint density at radius 2 is 1.88 bits per heavy atom. The van der Waals surface area contributed by atoms with Gasteiger partial charge in [-0.25, -0.2) is 0 Å². The van der Waals surface area contributed by atoms with Gasteiger partial charge in [0, 0.05) is 22.7 Å². The van der Waals surface area contributed by atoms with E-state index in [9.17, 15) is 20.2 Å². The van der Waals surface area contributed by atoms with Crippen molar-refractivity contribution in [1.29, 1.82) is 5.26 Å². The predicted molar refractivity (Wildman–Crippen MR) is 120 cm³/mol. The highest BCUT2D eigenvalue weighted by atomic mass is 35.5. The first kappa shape index (κ1) is 22.5. The molecule has 0 aromatic heterocycles. The number of non-ortho nitro benzene ring substituents is 1. The number of carbonyl (C=O) groups is 1. The lowest BCUT2D eigenvalue weighted by atomic mass is 10.0. The second-order valence-electron chi connectivity index (χ2n) is 6.63. The van der Waals surface area contributed by atoms with Crippen LogP contribution in [0, 0.1) is 21.4 Å². The van der Waals surface area contributed by atoms with Crippen LogP contribution >= 0.6 is 11.6 Å². The van der Waals surface area contributed by atoms with E-state index < -0.39 is 10.7 Å². The van der Waals surface area contributed by atoms with Gasteiger partial charge in [0.1, 0.15) is 18.2 Å². The van der Waals surface area contributed by atoms with Gasteiger partial charge in [-0.3, -0.25) is 14.9 Å². The van der Waals surface area contributed by atoms with E-state index in [1.165, 1.54) is 31.4 Å². The summed E-state index contributed by atoms with van der Waals surface area (Å²) in [6.07, 6.45) is 1.40. The maximum absolute atomic E-state index is 12.7. The normalized spacial score (nSPS) is 10.8. The van der Waals surface area contributed by atoms with Crippen LogP contribution in [0.4, 0.5) is 5.69 Å². The number of hydrogen-bond donors (Lipinski definition) is 0. The molecular weight excluding hydrogens is 432 g/mol. The van der Waals surface area contributed by atoms with Gasteiger partial charge in [0.25, 0.3) is 5.69 Å². The average Bonchev–Trinajstić information content (AvgIpc) is 2.82. The predicted octanol–water partition coefficient (Wildman–Crippen LogP) is 5.63. The number of Topliss-reactive ketones (excluding diaryl/α,β-unsaturated/α-hetero) is 1. The zero-order chi connectivity index (χ0) is 23.1. The van der Waals surface area contributed by atoms with Gasteiger partial charge in [-0.2, -0.15) is 5.26 Å². The molecule has 0 fully saturated rings. The number of nitriles is 1. The Kier molecular flexibility index (Phi) is 7.21. The first-order valence-corrected chi connectivity index (χ1v) is 9.75. The van der Waals surface area contributed by atoms with Crippen molar-refractivity contribution in [2.45, 2.75) is 6.61 Å². The van der Waals surface area contributed by atoms with E-state index in [0.717, 1.165) is 11.6 Å². The van der Waals surface area contributed by atoms with Crippen LogP contribution in [-0.4, -0.2) is 17.8 Å². The summed E-state index contributed by atoms with van der Waals surface area (Å²) in [6.45, 7) is 0.303. The molecule has 0 saturated heterocycles. The molecule has 0 amide bonds. The molecule has 7 nitrogen and oxygen atoms in total. The molecule has 3 rings (SSSR count). The lowest BCUT2D eigenvalue weighted by molar-refractivity contribution is -0.384. The highest BCUT2D eigenvalue weighted by molar-refractivity contribution is 6.30. The van der Waals surface area contributed by atoms with Crippen molar-refractivity contribution < 1.29 is 19.2 Å². The van der Waals surface area contributed by atoms with E-state index in [0.29, 0.717) is 28.7 Å². The second-order valence-corrected chi connectivity index (χ2v) is 7.07. The van der Waals surface area contributed by atoms with E-state index >= 15 is 0 Å². The fourth-order valence-electron chi connectivity index (χ4n) is 2.87. The van der Waals surface area contributed by atoms with Gasteiger partial charge in [-0.05, 0) is 41.5 Å². The quantitative estimate of drug-likeness (QED) is 0.145. The third kappa shape index (κ3) is 5.50. The minimum atomic E-state index is -0.613. The molecule has 0 radical (unpaired) electrons. The largest absolute Gasteiger partial charge is 0.493 e. The summed E-state index contributed by atoms with van der Waals surface area (Å²) in [4.78, 5) is 23.0. The van der Waals surface area contributed by atoms with Crippen molar-refractivity contribution in [2.75, 3.05) is 7.11 Å². The van der Waals surface area contributed by atoms with Crippen LogP contribution in [0.25, 0.3) is 6.08 Å². The molecule has 0 saturated carbocycles. The number of benzene rings is 3. The van der Waals surface area contributed by atoms with Crippen molar-refractivity contribution in [2.24, 2.45) is 0 Å². The van der Waals surface area contributed by atoms with Gasteiger partial charge in [0.15, 0.2) is 11.5 Å². The van der Waals surface area contributed by atoms with E-state index in [1.807, 2.05) is 18.2 Å². The molecule has 0 bridgehead atoms. The number of nitrogens with zero attached hydrogens (tertiary/aromatic N) is 2. The fraction of sp³-hybridized carbons (Fsp3) is 0.0833. The smallest absolute Gasteiger partial charge is 0.270 e. The number of rotatable bonds is 8. The van der Waals surface area contributed by atoms with Crippen molar-refractivity contribution in [3.8, 4) is 17.6 Å². The summed E-state index contributed by atoms with van der Waals surface area (Å²) in [5.74, 6) is 0.300. The molecule has 0 atom stereocenters. The van der Waals surface area contributed by atoms with E-state index in [-0.39, 0.29) is 16.8 Å². The van der Waals surface area contributed by atoms with Crippen LogP contribution in [0.2, 0.25) is 5.02 Å². The Labute approximate surface area is 189 Å². The van der Waals surface area contributed by atoms with E-state index in [1.54, 1.807) is 30.3 Å². The number of methoxy groups -OCH3 is 1. The third-order valence-corrected chi connectivity index (χ3v) is 4.74. The summed E-state index contributed by atoms with van der Waals surface area (Å²) >= 11 is 5.89. The van der Waals surface area contributed by atoms with Gasteiger partial charge >= 0.3 is 0 Å². The first-order chi connectivity index (χ1) is 15.4. The van der Waals surface area contributed by atoms with Crippen LogP contribution in [0.15, 0.2) is 72.3 Å². The van der Waals surface area contributed by atoms with Crippen LogP contribution < -0.4 is 9.47 Å². The molecule has 3 aromatic rings. The maximum Gasteiger partial charge on any atom is 0.270 e. The van der Waals surface area contributed by atoms with Crippen molar-refractivity contribution in [3.05, 3.63) is 104 Å². The van der Waals surface area contributed by atoms with Crippen molar-refractivity contribution >= 4 is 29.1 Å². The molecule has 0 aliphatic rings. The number of hydrogen-bond acceptors (Lipinski definition) is 6. The topological polar surface area (TPSA) is 102 Å². The summed E-state index contributed by atoms with van der Waals surface area (Å²) in [5, 5.41) is 21.1. The lowest BCUT2D eigenvalue weighted by Crippen LogP contribution is -2.03. The van der Waals surface area contributed by atoms with Crippen LogP contribution in [-0.2, 0) is 6.61 Å². The second kappa shape index (κ2) is 10.2. The van der Waals surface area contributed by atoms with Crippen LogP contribution in [0.1, 0.15) is 21.5 Å². The average molecular weight is 449 g/mol. The number of allylic oxidation sites excluding steroid dienone is 1. The Hall–Kier alpha value is -4.15. The highest BCUT2D eigenvalue weighted by Crippen LogP contribution is 2.30. The molecule has 0 aliphatic carbocycles. The minimum absolute atomic E-state index is 0.0573. The molecule has 3 aromatic carbocycles. The molecule has 8 heteroatoms. The van der Waals surface area contributed by atoms with Crippen LogP contribution in [0.3, 0.4) is 0 Å². The van der Waals surface area contributed by atoms with E-state index in [4.69, 9.17) is 21.1 Å². The maximum atomic E-state index is 12.7. The number of carbonyl (C=O) groups excluding carboxylic acids is 1. The molecule has 0 N–H and O–H groups in total. The molecule has 0 aliphatic heterocycles. The molecule has 32 heavy (non-hydrogen) atoms. The van der Waals surface area contributed by atoms with Gasteiger partial charge in [0.05, 0.1) is 12.0 Å². The van der Waals surface area contributed by atoms with Crippen LogP contribution in [0.5, 0.6) is 11.5 Å². The Bertz CT molecular complexity index is 1230. The Morgan fingerprint density at radius 3 is 2.53 bits per heavy atom. The minimum Gasteiger partial charge on any atom is -0.493 e. The van der Waals surface area contributed by atoms with Crippen molar-refractivity contribution in [3.63, 3.8) is 0 Å². The Morgan fingerprint density at radius 1 is 1.12 bits per heavy atom. The number of nitro benzene ring substituents is 1. The number of ether oxygens (including phenoxy) is 2. The standard InChI is InChI=1S/C24H17ClN2O5/c1-31-23-12-17(7-10-22(23)32-15-16-5-8-20(25)9-6-16)11-19(14-26)24(28)18-3-2-4-21(13-18)27(29)30/h2-13H,15H2,1H3/b19-11+. The summed E-state index contributed by atoms with van der Waals surface area (Å²) in [5.41, 5.74) is 1.13. The van der Waals surface area contributed by atoms with Gasteiger partial charge in [-0.15, -0.1) is 0 Å². The van der Waals surface area contributed by atoms with Crippen molar-refractivity contribution in [1.82, 2.24) is 0 Å². The molecule has 0 heterocycles. The summed E-state index contributed by atoms with van der Waals surface area (Å²) in [6, 6.07) is 19.3. The number of nitro groups is 1. The third-order valence-electron chi connectivity index (χ3n) is 4.49. The van der Waals surface area contributed by atoms with Gasteiger partial charge < -0.3 is 9.47 Å². The SMILES string of the molecule is COc1cc(/C=C(\C#N)C(=O)c2cccc([N+](=O)[O-])c2)ccc1OCc1ccc(Cl)cc1. The molecule has 160 valence electrons. The molecular formula is C24H17ClN2O5. The molecule has 0 unspecified atom stereocenters. The summed E-state index contributed by atoms with van der Waals surface area (Å²) in [7, 11) is 1.48. The lowest BCUT2D eigenvalue weighted by Gasteiger charge is -2.11. The number of halogens is 1. The zero-order valence-electron chi connectivity index (χ0n) is 16.9. The van der Waals surface area contributed by atoms with Gasteiger partial charge in [0.2, 0.25) is 5.78 Å². The fourth-order valence-corrected chi connectivity index (χ4v) is 2.99. The number of ketones is 1. The summed E-state index contributed by atoms with van der Waals surface area (Å²) < 4.78 is 11.2.